The average Bonchev–Trinajstić information content (AvgIpc) is 2.54. The number of hydrogen-bond acceptors (Lipinski definition) is 1. The lowest BCUT2D eigenvalue weighted by Crippen LogP contribution is -2.25. The fourth-order valence-corrected chi connectivity index (χ4v) is 1.72. The highest BCUT2D eigenvalue weighted by Gasteiger charge is 2.60. The van der Waals surface area contributed by atoms with E-state index in [2.05, 4.69) is 19.9 Å². The van der Waals surface area contributed by atoms with Gasteiger partial charge in [0.05, 0.1) is 0 Å². The Bertz CT molecular complexity index is 203. The summed E-state index contributed by atoms with van der Waals surface area (Å²) in [7, 11) is 0. The molecule has 0 saturated heterocycles. The highest BCUT2D eigenvalue weighted by atomic mass is 14.7. The van der Waals surface area contributed by atoms with Crippen LogP contribution in [-0.4, -0.2) is 6.54 Å². The molecular formula is C9H15N. The van der Waals surface area contributed by atoms with Crippen LogP contribution in [0.5, 0.6) is 0 Å². The number of rotatable bonds is 3. The zero-order valence-electron chi connectivity index (χ0n) is 6.78. The first-order valence-corrected chi connectivity index (χ1v) is 4.00. The number of nitrogens with two attached hydrogens (primary N) is 1. The summed E-state index contributed by atoms with van der Waals surface area (Å²) in [5.41, 5.74) is 8.30. The maximum atomic E-state index is 5.64. The van der Waals surface area contributed by atoms with Crippen molar-refractivity contribution in [3.63, 3.8) is 0 Å². The van der Waals surface area contributed by atoms with E-state index in [9.17, 15) is 0 Å². The minimum atomic E-state index is 0.356. The smallest absolute Gasteiger partial charge is 0.0137 e. The topological polar surface area (TPSA) is 26.0 Å². The molecule has 1 saturated carbocycles. The summed E-state index contributed by atoms with van der Waals surface area (Å²) in [5.74, 6) is 0. The molecule has 0 aromatic carbocycles. The van der Waals surface area contributed by atoms with Crippen LogP contribution in [0.3, 0.4) is 0 Å². The van der Waals surface area contributed by atoms with Gasteiger partial charge in [-0.25, -0.2) is 0 Å². The number of hydrogen-bond donors (Lipinski definition) is 1. The molecule has 0 amide bonds. The Morgan fingerprint density at radius 2 is 2.20 bits per heavy atom. The number of fused-ring (bicyclic) bond motifs is 1. The first kappa shape index (κ1) is 6.41. The summed E-state index contributed by atoms with van der Waals surface area (Å²) >= 11 is 0. The van der Waals surface area contributed by atoms with Crippen molar-refractivity contribution in [2.45, 2.75) is 26.7 Å². The predicted molar refractivity (Wildman–Crippen MR) is 42.6 cm³/mol. The van der Waals surface area contributed by atoms with Crippen molar-refractivity contribution >= 4 is 0 Å². The Balaban J connectivity index is 1.90. The van der Waals surface area contributed by atoms with E-state index in [1.54, 1.807) is 5.57 Å². The average molecular weight is 137 g/mol. The van der Waals surface area contributed by atoms with Crippen molar-refractivity contribution < 1.29 is 0 Å². The molecule has 0 radical (unpaired) electrons. The van der Waals surface area contributed by atoms with Crippen molar-refractivity contribution in [1.29, 1.82) is 0 Å². The third kappa shape index (κ3) is 0.807. The molecule has 10 heavy (non-hydrogen) atoms. The minimum absolute atomic E-state index is 0.356. The lowest BCUT2D eigenvalue weighted by atomic mass is 9.84. The normalized spacial score (nSPS) is 34.9. The Morgan fingerprint density at radius 1 is 1.70 bits per heavy atom. The molecule has 0 aromatic rings. The van der Waals surface area contributed by atoms with Crippen molar-refractivity contribution in [2.75, 3.05) is 6.54 Å². The van der Waals surface area contributed by atoms with Crippen LogP contribution >= 0.6 is 0 Å². The predicted octanol–water partition coefficient (Wildman–Crippen LogP) is 1.69. The molecule has 0 spiro atoms. The third-order valence-corrected chi connectivity index (χ3v) is 2.73. The number of allylic oxidation sites excluding steroid dienone is 2. The van der Waals surface area contributed by atoms with E-state index in [0.717, 1.165) is 6.54 Å². The van der Waals surface area contributed by atoms with Crippen LogP contribution in [0.15, 0.2) is 11.6 Å². The largest absolute Gasteiger partial charge is 0.330 e. The van der Waals surface area contributed by atoms with Crippen LogP contribution in [-0.2, 0) is 0 Å². The zero-order valence-corrected chi connectivity index (χ0v) is 6.78. The maximum absolute atomic E-state index is 5.64. The SMILES string of the molecule is CC(C)(CN)CC12C=C1C2. The van der Waals surface area contributed by atoms with E-state index in [1.807, 2.05) is 0 Å². The lowest BCUT2D eigenvalue weighted by molar-refractivity contribution is 0.309. The van der Waals surface area contributed by atoms with Gasteiger partial charge in [0.25, 0.3) is 0 Å². The van der Waals surface area contributed by atoms with E-state index >= 15 is 0 Å². The zero-order chi connectivity index (χ0) is 7.41. The van der Waals surface area contributed by atoms with Crippen LogP contribution in [0.4, 0.5) is 0 Å². The molecule has 1 unspecified atom stereocenters. The fourth-order valence-electron chi connectivity index (χ4n) is 1.72. The van der Waals surface area contributed by atoms with Crippen LogP contribution < -0.4 is 5.73 Å². The molecule has 2 aliphatic carbocycles. The minimum Gasteiger partial charge on any atom is -0.330 e. The summed E-state index contributed by atoms with van der Waals surface area (Å²) in [6.07, 6.45) is 5.05. The highest BCUT2D eigenvalue weighted by Crippen LogP contribution is 2.71. The molecule has 1 fully saturated rings. The lowest BCUT2D eigenvalue weighted by Gasteiger charge is -2.23. The van der Waals surface area contributed by atoms with E-state index < -0.39 is 0 Å². The van der Waals surface area contributed by atoms with E-state index in [4.69, 9.17) is 5.73 Å². The molecule has 2 rings (SSSR count). The summed E-state index contributed by atoms with van der Waals surface area (Å²) < 4.78 is 0. The second-order valence-corrected chi connectivity index (χ2v) is 4.55. The highest BCUT2D eigenvalue weighted by molar-refractivity contribution is 5.55. The fraction of sp³-hybridized carbons (Fsp3) is 0.778. The van der Waals surface area contributed by atoms with Crippen LogP contribution in [0, 0.1) is 10.8 Å². The van der Waals surface area contributed by atoms with Gasteiger partial charge >= 0.3 is 0 Å². The molecule has 1 heteroatoms. The molecule has 0 aliphatic heterocycles. The van der Waals surface area contributed by atoms with Crippen molar-refractivity contribution in [3.05, 3.63) is 11.6 Å². The Hall–Kier alpha value is -0.300. The molecule has 0 heterocycles. The van der Waals surface area contributed by atoms with Crippen LogP contribution in [0.2, 0.25) is 0 Å². The van der Waals surface area contributed by atoms with E-state index in [1.165, 1.54) is 12.8 Å². The Kier molecular flexibility index (Phi) is 0.946. The van der Waals surface area contributed by atoms with Crippen molar-refractivity contribution in [1.82, 2.24) is 0 Å². The molecule has 2 N–H and O–H groups in total. The molecule has 0 aromatic heterocycles. The second kappa shape index (κ2) is 1.48. The molecule has 1 nitrogen and oxygen atoms in total. The van der Waals surface area contributed by atoms with Gasteiger partial charge in [-0.2, -0.15) is 0 Å². The molecule has 2 aliphatic rings. The second-order valence-electron chi connectivity index (χ2n) is 4.55. The van der Waals surface area contributed by atoms with Crippen LogP contribution in [0.1, 0.15) is 26.7 Å². The van der Waals surface area contributed by atoms with E-state index in [-0.39, 0.29) is 0 Å². The van der Waals surface area contributed by atoms with Gasteiger partial charge in [-0.3, -0.25) is 0 Å². The van der Waals surface area contributed by atoms with Gasteiger partial charge in [-0.05, 0) is 24.8 Å². The van der Waals surface area contributed by atoms with Gasteiger partial charge in [0.15, 0.2) is 0 Å². The quantitative estimate of drug-likeness (QED) is 0.588. The third-order valence-electron chi connectivity index (χ3n) is 2.73. The standard InChI is InChI=1S/C9H15N/c1-8(2,6-10)5-9-3-7(9)4-9/h3H,4-6,10H2,1-2H3. The van der Waals surface area contributed by atoms with Crippen LogP contribution in [0.25, 0.3) is 0 Å². The van der Waals surface area contributed by atoms with Gasteiger partial charge < -0.3 is 5.73 Å². The van der Waals surface area contributed by atoms with Crippen molar-refractivity contribution in [3.8, 4) is 0 Å². The molecule has 56 valence electrons. The van der Waals surface area contributed by atoms with E-state index in [0.29, 0.717) is 10.8 Å². The monoisotopic (exact) mass is 137 g/mol. The van der Waals surface area contributed by atoms with Crippen molar-refractivity contribution in [2.24, 2.45) is 16.6 Å². The van der Waals surface area contributed by atoms with Gasteiger partial charge in [0, 0.05) is 5.41 Å². The van der Waals surface area contributed by atoms with Gasteiger partial charge in [0.1, 0.15) is 0 Å². The first-order valence-electron chi connectivity index (χ1n) is 4.00. The van der Waals surface area contributed by atoms with Gasteiger partial charge in [-0.15, -0.1) is 0 Å². The molecular weight excluding hydrogens is 122 g/mol. The molecule has 0 bridgehead atoms. The summed E-state index contributed by atoms with van der Waals surface area (Å²) in [6.45, 7) is 5.32. The Labute approximate surface area is 62.3 Å². The summed E-state index contributed by atoms with van der Waals surface area (Å²) in [5, 5.41) is 0. The maximum Gasteiger partial charge on any atom is 0.0137 e. The van der Waals surface area contributed by atoms with Gasteiger partial charge in [0.2, 0.25) is 0 Å². The summed E-state index contributed by atoms with van der Waals surface area (Å²) in [4.78, 5) is 0. The molecule has 1 atom stereocenters. The first-order chi connectivity index (χ1) is 4.58. The Morgan fingerprint density at radius 3 is 2.50 bits per heavy atom. The summed E-state index contributed by atoms with van der Waals surface area (Å²) in [6, 6.07) is 0. The van der Waals surface area contributed by atoms with Gasteiger partial charge in [-0.1, -0.05) is 25.5 Å².